The van der Waals surface area contributed by atoms with Crippen molar-refractivity contribution in [3.8, 4) is 5.75 Å². The van der Waals surface area contributed by atoms with Gasteiger partial charge in [-0.2, -0.15) is 0 Å². The molecule has 0 spiro atoms. The van der Waals surface area contributed by atoms with Gasteiger partial charge in [-0.1, -0.05) is 36.4 Å². The van der Waals surface area contributed by atoms with Crippen molar-refractivity contribution in [3.63, 3.8) is 0 Å². The molecule has 0 saturated carbocycles. The van der Waals surface area contributed by atoms with Crippen molar-refractivity contribution >= 4 is 6.08 Å². The Morgan fingerprint density at radius 3 is 2.33 bits per heavy atom. The molecule has 0 aromatic heterocycles. The maximum absolute atomic E-state index is 5.65. The number of hydrogen-bond donors (Lipinski definition) is 0. The van der Waals surface area contributed by atoms with Gasteiger partial charge >= 0.3 is 0 Å². The van der Waals surface area contributed by atoms with Crippen molar-refractivity contribution in [1.29, 1.82) is 0 Å². The van der Waals surface area contributed by atoms with Crippen LogP contribution in [0.5, 0.6) is 5.75 Å². The first kappa shape index (κ1) is 12.7. The molecule has 0 fully saturated rings. The van der Waals surface area contributed by atoms with E-state index in [1.807, 2.05) is 38.4 Å². The number of likely N-dealkylation sites (N-methyl/N-ethyl adjacent to an activating group) is 1. The lowest BCUT2D eigenvalue weighted by atomic mass is 10.1. The summed E-state index contributed by atoms with van der Waals surface area (Å²) in [6, 6.07) is 8.20. The molecule has 0 heterocycles. The van der Waals surface area contributed by atoms with Crippen molar-refractivity contribution in [3.05, 3.63) is 59.7 Å². The lowest BCUT2D eigenvalue weighted by Gasteiger charge is -2.10. The van der Waals surface area contributed by atoms with Crippen LogP contribution in [0, 0.1) is 0 Å². The summed E-state index contributed by atoms with van der Waals surface area (Å²) in [5.41, 5.74) is 2.43. The van der Waals surface area contributed by atoms with Crippen LogP contribution >= 0.6 is 0 Å². The second-order valence-corrected chi connectivity index (χ2v) is 4.58. The molecule has 2 nitrogen and oxygen atoms in total. The van der Waals surface area contributed by atoms with E-state index in [0.717, 1.165) is 18.9 Å². The number of nitrogens with zero attached hydrogens (tertiary/aromatic N) is 1. The Morgan fingerprint density at radius 2 is 1.72 bits per heavy atom. The molecule has 1 aliphatic rings. The molecule has 1 aromatic rings. The average molecular weight is 241 g/mol. The lowest BCUT2D eigenvalue weighted by Crippen LogP contribution is -2.19. The predicted molar refractivity (Wildman–Crippen MR) is 76.7 cm³/mol. The molecule has 1 aliphatic carbocycles. The molecule has 0 aliphatic heterocycles. The van der Waals surface area contributed by atoms with Gasteiger partial charge in [0.1, 0.15) is 12.4 Å². The molecule has 18 heavy (non-hydrogen) atoms. The highest BCUT2D eigenvalue weighted by atomic mass is 16.5. The third-order valence-corrected chi connectivity index (χ3v) is 2.71. The van der Waals surface area contributed by atoms with Gasteiger partial charge in [0.05, 0.1) is 0 Å². The summed E-state index contributed by atoms with van der Waals surface area (Å²) in [7, 11) is 4.09. The number of benzene rings is 1. The summed E-state index contributed by atoms with van der Waals surface area (Å²) >= 11 is 0. The van der Waals surface area contributed by atoms with E-state index in [9.17, 15) is 0 Å². The second-order valence-electron chi connectivity index (χ2n) is 4.58. The first-order valence-electron chi connectivity index (χ1n) is 6.18. The SMILES string of the molecule is CN(C)CCOc1ccc(C=C2C=CC=C2)cc1. The van der Waals surface area contributed by atoms with Gasteiger partial charge < -0.3 is 9.64 Å². The molecule has 0 saturated heterocycles. The van der Waals surface area contributed by atoms with Gasteiger partial charge in [0.25, 0.3) is 0 Å². The van der Waals surface area contributed by atoms with E-state index in [-0.39, 0.29) is 0 Å². The van der Waals surface area contributed by atoms with Gasteiger partial charge in [-0.25, -0.2) is 0 Å². The van der Waals surface area contributed by atoms with Crippen LogP contribution in [0.4, 0.5) is 0 Å². The lowest BCUT2D eigenvalue weighted by molar-refractivity contribution is 0.261. The monoisotopic (exact) mass is 241 g/mol. The minimum atomic E-state index is 0.721. The molecule has 0 unspecified atom stereocenters. The Balaban J connectivity index is 1.91. The molecule has 94 valence electrons. The second kappa shape index (κ2) is 6.22. The highest BCUT2D eigenvalue weighted by Crippen LogP contribution is 2.17. The molecule has 2 rings (SSSR count). The molecule has 0 amide bonds. The zero-order valence-corrected chi connectivity index (χ0v) is 11.0. The maximum atomic E-state index is 5.65. The fourth-order valence-electron chi connectivity index (χ4n) is 1.68. The molecular formula is C16H19NO. The van der Waals surface area contributed by atoms with Gasteiger partial charge in [0.2, 0.25) is 0 Å². The number of allylic oxidation sites excluding steroid dienone is 5. The first-order valence-corrected chi connectivity index (χ1v) is 6.18. The molecule has 0 atom stereocenters. The molecule has 0 N–H and O–H groups in total. The third kappa shape index (κ3) is 3.90. The summed E-state index contributed by atoms with van der Waals surface area (Å²) in [6.07, 6.45) is 10.4. The Bertz CT molecular complexity index is 452. The van der Waals surface area contributed by atoms with Crippen molar-refractivity contribution < 1.29 is 4.74 Å². The molecule has 0 bridgehead atoms. The Labute approximate surface area is 109 Å². The fourth-order valence-corrected chi connectivity index (χ4v) is 1.68. The van der Waals surface area contributed by atoms with Gasteiger partial charge in [0, 0.05) is 6.54 Å². The van der Waals surface area contributed by atoms with E-state index in [1.54, 1.807) is 0 Å². The van der Waals surface area contributed by atoms with Gasteiger partial charge in [-0.15, -0.1) is 0 Å². The van der Waals surface area contributed by atoms with Crippen LogP contribution in [0.2, 0.25) is 0 Å². The highest BCUT2D eigenvalue weighted by molar-refractivity contribution is 5.62. The summed E-state index contributed by atoms with van der Waals surface area (Å²) in [4.78, 5) is 2.11. The topological polar surface area (TPSA) is 12.5 Å². The highest BCUT2D eigenvalue weighted by Gasteiger charge is 1.96. The molecule has 1 aromatic carbocycles. The van der Waals surface area contributed by atoms with Gasteiger partial charge in [-0.05, 0) is 43.4 Å². The summed E-state index contributed by atoms with van der Waals surface area (Å²) in [5.74, 6) is 0.927. The Morgan fingerprint density at radius 1 is 1.06 bits per heavy atom. The van der Waals surface area contributed by atoms with E-state index in [2.05, 4.69) is 35.3 Å². The van der Waals surface area contributed by atoms with Crippen LogP contribution in [0.25, 0.3) is 6.08 Å². The minimum Gasteiger partial charge on any atom is -0.492 e. The fraction of sp³-hybridized carbons (Fsp3) is 0.250. The van der Waals surface area contributed by atoms with E-state index in [0.29, 0.717) is 0 Å². The zero-order valence-electron chi connectivity index (χ0n) is 11.0. The number of hydrogen-bond acceptors (Lipinski definition) is 2. The van der Waals surface area contributed by atoms with Crippen LogP contribution in [0.1, 0.15) is 5.56 Å². The predicted octanol–water partition coefficient (Wildman–Crippen LogP) is 3.14. The van der Waals surface area contributed by atoms with Crippen molar-refractivity contribution in [2.75, 3.05) is 27.2 Å². The van der Waals surface area contributed by atoms with Crippen LogP contribution in [-0.4, -0.2) is 32.1 Å². The molecule has 0 radical (unpaired) electrons. The Kier molecular flexibility index (Phi) is 4.37. The average Bonchev–Trinajstić information content (AvgIpc) is 2.84. The Hall–Kier alpha value is -1.80. The van der Waals surface area contributed by atoms with E-state index in [4.69, 9.17) is 4.74 Å². The van der Waals surface area contributed by atoms with Crippen LogP contribution < -0.4 is 4.74 Å². The smallest absolute Gasteiger partial charge is 0.119 e. The van der Waals surface area contributed by atoms with Gasteiger partial charge in [0.15, 0.2) is 0 Å². The number of ether oxygens (including phenoxy) is 1. The largest absolute Gasteiger partial charge is 0.492 e. The maximum Gasteiger partial charge on any atom is 0.119 e. The first-order chi connectivity index (χ1) is 8.74. The summed E-state index contributed by atoms with van der Waals surface area (Å²) in [6.45, 7) is 1.65. The summed E-state index contributed by atoms with van der Waals surface area (Å²) in [5, 5.41) is 0. The van der Waals surface area contributed by atoms with E-state index in [1.165, 1.54) is 11.1 Å². The minimum absolute atomic E-state index is 0.721. The van der Waals surface area contributed by atoms with Crippen molar-refractivity contribution in [2.45, 2.75) is 0 Å². The van der Waals surface area contributed by atoms with Crippen LogP contribution in [0.15, 0.2) is 54.1 Å². The standard InChI is InChI=1S/C16H19NO/c1-17(2)11-12-18-16-9-7-15(8-10-16)13-14-5-3-4-6-14/h3-10,13H,11-12H2,1-2H3. The van der Waals surface area contributed by atoms with Crippen molar-refractivity contribution in [2.24, 2.45) is 0 Å². The summed E-state index contributed by atoms with van der Waals surface area (Å²) < 4.78 is 5.65. The van der Waals surface area contributed by atoms with Crippen LogP contribution in [0.3, 0.4) is 0 Å². The molecule has 2 heteroatoms. The quantitative estimate of drug-likeness (QED) is 0.785. The number of rotatable bonds is 5. The zero-order chi connectivity index (χ0) is 12.8. The van der Waals surface area contributed by atoms with Crippen molar-refractivity contribution in [1.82, 2.24) is 4.90 Å². The molecular weight excluding hydrogens is 222 g/mol. The van der Waals surface area contributed by atoms with E-state index < -0.39 is 0 Å². The van der Waals surface area contributed by atoms with Gasteiger partial charge in [-0.3, -0.25) is 0 Å². The third-order valence-electron chi connectivity index (χ3n) is 2.71. The van der Waals surface area contributed by atoms with E-state index >= 15 is 0 Å². The van der Waals surface area contributed by atoms with Crippen LogP contribution in [-0.2, 0) is 0 Å². The normalized spacial score (nSPS) is 13.4.